The molecule has 2 rings (SSSR count). The van der Waals surface area contributed by atoms with Crippen LogP contribution in [0.25, 0.3) is 0 Å². The molecule has 1 atom stereocenters. The Morgan fingerprint density at radius 1 is 1.60 bits per heavy atom. The fraction of sp³-hybridized carbons (Fsp3) is 0.900. The Hall–Kier alpha value is -0.320. The van der Waals surface area contributed by atoms with Gasteiger partial charge in [0.2, 0.25) is 0 Å². The Bertz CT molecular complexity index is 231. The summed E-state index contributed by atoms with van der Waals surface area (Å²) >= 11 is 0. The van der Waals surface area contributed by atoms with E-state index in [-0.39, 0.29) is 30.1 Å². The quantitative estimate of drug-likeness (QED) is 0.722. The lowest BCUT2D eigenvalue weighted by atomic mass is 9.86. The molecule has 1 N–H and O–H groups in total. The Morgan fingerprint density at radius 3 is 2.87 bits per heavy atom. The average Bonchev–Trinajstić information content (AvgIpc) is 2.16. The normalized spacial score (nSPS) is 27.7. The first-order valence-corrected chi connectivity index (χ1v) is 5.19. The van der Waals surface area contributed by atoms with E-state index in [2.05, 4.69) is 10.1 Å². The van der Waals surface area contributed by atoms with Crippen LogP contribution < -0.4 is 5.32 Å². The predicted molar refractivity (Wildman–Crippen MR) is 58.2 cm³/mol. The molecule has 4 nitrogen and oxygen atoms in total. The summed E-state index contributed by atoms with van der Waals surface area (Å²) in [6.07, 6.45) is 3.73. The SMILES string of the molecule is COC(=O)CC1CCCC2(CNC2)O1.Cl. The zero-order chi connectivity index (χ0) is 10.0. The zero-order valence-corrected chi connectivity index (χ0v) is 9.77. The molecule has 2 aliphatic rings. The van der Waals surface area contributed by atoms with Crippen molar-refractivity contribution >= 4 is 18.4 Å². The molecule has 0 aromatic heterocycles. The molecule has 0 amide bonds. The summed E-state index contributed by atoms with van der Waals surface area (Å²) in [5.74, 6) is -0.167. The maximum Gasteiger partial charge on any atom is 0.308 e. The van der Waals surface area contributed by atoms with Crippen molar-refractivity contribution in [3.8, 4) is 0 Å². The Morgan fingerprint density at radius 2 is 2.33 bits per heavy atom. The van der Waals surface area contributed by atoms with Crippen LogP contribution in [0.4, 0.5) is 0 Å². The maximum absolute atomic E-state index is 11.1. The standard InChI is InChI=1S/C10H17NO3.ClH/c1-13-9(12)5-8-3-2-4-10(14-8)6-11-7-10;/h8,11H,2-7H2,1H3;1H. The molecule has 0 bridgehead atoms. The topological polar surface area (TPSA) is 47.6 Å². The molecule has 0 saturated carbocycles. The Labute approximate surface area is 96.1 Å². The maximum atomic E-state index is 11.1. The minimum atomic E-state index is -0.167. The van der Waals surface area contributed by atoms with E-state index in [1.54, 1.807) is 0 Å². The number of hydrogen-bond donors (Lipinski definition) is 1. The van der Waals surface area contributed by atoms with Gasteiger partial charge in [0.25, 0.3) is 0 Å². The number of hydrogen-bond acceptors (Lipinski definition) is 4. The van der Waals surface area contributed by atoms with Crippen molar-refractivity contribution in [3.63, 3.8) is 0 Å². The largest absolute Gasteiger partial charge is 0.469 e. The summed E-state index contributed by atoms with van der Waals surface area (Å²) in [6, 6.07) is 0. The number of ether oxygens (including phenoxy) is 2. The highest BCUT2D eigenvalue weighted by Gasteiger charge is 2.42. The highest BCUT2D eigenvalue weighted by atomic mass is 35.5. The molecule has 2 heterocycles. The van der Waals surface area contributed by atoms with Gasteiger partial charge in [0.1, 0.15) is 0 Å². The average molecular weight is 236 g/mol. The van der Waals surface area contributed by atoms with Crippen LogP contribution in [0.5, 0.6) is 0 Å². The van der Waals surface area contributed by atoms with Gasteiger partial charge < -0.3 is 14.8 Å². The summed E-state index contributed by atoms with van der Waals surface area (Å²) in [7, 11) is 1.42. The minimum Gasteiger partial charge on any atom is -0.469 e. The van der Waals surface area contributed by atoms with E-state index in [0.29, 0.717) is 6.42 Å². The molecule has 1 unspecified atom stereocenters. The third-order valence-corrected chi connectivity index (χ3v) is 3.09. The smallest absolute Gasteiger partial charge is 0.308 e. The van der Waals surface area contributed by atoms with Crippen molar-refractivity contribution in [2.45, 2.75) is 37.4 Å². The summed E-state index contributed by atoms with van der Waals surface area (Å²) in [5, 5.41) is 3.22. The summed E-state index contributed by atoms with van der Waals surface area (Å²) in [5.41, 5.74) is 0.0386. The molecule has 2 saturated heterocycles. The van der Waals surface area contributed by atoms with Crippen LogP contribution in [0.2, 0.25) is 0 Å². The van der Waals surface area contributed by atoms with Crippen molar-refractivity contribution in [1.82, 2.24) is 5.32 Å². The minimum absolute atomic E-state index is 0. The van der Waals surface area contributed by atoms with Gasteiger partial charge in [-0.05, 0) is 19.3 Å². The molecule has 0 aliphatic carbocycles. The highest BCUT2D eigenvalue weighted by Crippen LogP contribution is 2.32. The number of esters is 1. The number of rotatable bonds is 2. The van der Waals surface area contributed by atoms with Crippen LogP contribution in [0.1, 0.15) is 25.7 Å². The van der Waals surface area contributed by atoms with E-state index in [1.807, 2.05) is 0 Å². The number of carbonyl (C=O) groups is 1. The van der Waals surface area contributed by atoms with Crippen LogP contribution in [-0.2, 0) is 14.3 Å². The van der Waals surface area contributed by atoms with Gasteiger partial charge in [0, 0.05) is 13.1 Å². The van der Waals surface area contributed by atoms with Gasteiger partial charge in [0.05, 0.1) is 25.2 Å². The van der Waals surface area contributed by atoms with Crippen LogP contribution in [0.15, 0.2) is 0 Å². The molecule has 0 aromatic carbocycles. The fourth-order valence-corrected chi connectivity index (χ4v) is 2.20. The lowest BCUT2D eigenvalue weighted by molar-refractivity contribution is -0.168. The van der Waals surface area contributed by atoms with Crippen LogP contribution >= 0.6 is 12.4 Å². The number of methoxy groups -OCH3 is 1. The molecule has 88 valence electrons. The summed E-state index contributed by atoms with van der Waals surface area (Å²) < 4.78 is 10.6. The predicted octanol–water partition coefficient (Wildman–Crippen LogP) is 0.882. The summed E-state index contributed by atoms with van der Waals surface area (Å²) in [4.78, 5) is 11.1. The second kappa shape index (κ2) is 5.14. The third kappa shape index (κ3) is 2.83. The van der Waals surface area contributed by atoms with E-state index in [1.165, 1.54) is 7.11 Å². The van der Waals surface area contributed by atoms with Crippen LogP contribution in [0.3, 0.4) is 0 Å². The molecule has 15 heavy (non-hydrogen) atoms. The molecular weight excluding hydrogens is 218 g/mol. The lowest BCUT2D eigenvalue weighted by Crippen LogP contribution is -2.63. The van der Waals surface area contributed by atoms with Crippen molar-refractivity contribution < 1.29 is 14.3 Å². The molecule has 0 radical (unpaired) electrons. The first-order valence-electron chi connectivity index (χ1n) is 5.19. The molecule has 0 aromatic rings. The van der Waals surface area contributed by atoms with E-state index in [9.17, 15) is 4.79 Å². The Kier molecular flexibility index (Phi) is 4.37. The van der Waals surface area contributed by atoms with Crippen molar-refractivity contribution in [1.29, 1.82) is 0 Å². The van der Waals surface area contributed by atoms with E-state index < -0.39 is 0 Å². The first-order chi connectivity index (χ1) is 6.74. The van der Waals surface area contributed by atoms with Gasteiger partial charge in [-0.1, -0.05) is 0 Å². The monoisotopic (exact) mass is 235 g/mol. The Balaban J connectivity index is 0.00000112. The van der Waals surface area contributed by atoms with E-state index in [0.717, 1.165) is 32.4 Å². The van der Waals surface area contributed by atoms with Crippen LogP contribution in [-0.4, -0.2) is 37.9 Å². The van der Waals surface area contributed by atoms with Gasteiger partial charge in [-0.2, -0.15) is 0 Å². The highest BCUT2D eigenvalue weighted by molar-refractivity contribution is 5.85. The van der Waals surface area contributed by atoms with Crippen molar-refractivity contribution in [2.24, 2.45) is 0 Å². The molecule has 2 aliphatic heterocycles. The third-order valence-electron chi connectivity index (χ3n) is 3.09. The number of carbonyl (C=O) groups excluding carboxylic acids is 1. The summed E-state index contributed by atoms with van der Waals surface area (Å²) in [6.45, 7) is 1.87. The zero-order valence-electron chi connectivity index (χ0n) is 8.95. The lowest BCUT2D eigenvalue weighted by Gasteiger charge is -2.47. The van der Waals surface area contributed by atoms with Gasteiger partial charge in [0.15, 0.2) is 0 Å². The van der Waals surface area contributed by atoms with E-state index >= 15 is 0 Å². The van der Waals surface area contributed by atoms with Crippen molar-refractivity contribution in [2.75, 3.05) is 20.2 Å². The van der Waals surface area contributed by atoms with Gasteiger partial charge >= 0.3 is 5.97 Å². The second-order valence-corrected chi connectivity index (χ2v) is 4.20. The number of halogens is 1. The second-order valence-electron chi connectivity index (χ2n) is 4.20. The van der Waals surface area contributed by atoms with Gasteiger partial charge in [-0.15, -0.1) is 12.4 Å². The molecular formula is C10H18ClNO3. The number of nitrogens with one attached hydrogen (secondary N) is 1. The van der Waals surface area contributed by atoms with Gasteiger partial charge in [-0.25, -0.2) is 0 Å². The van der Waals surface area contributed by atoms with Crippen molar-refractivity contribution in [3.05, 3.63) is 0 Å². The molecule has 1 spiro atoms. The first kappa shape index (κ1) is 12.7. The molecule has 5 heteroatoms. The molecule has 2 fully saturated rings. The van der Waals surface area contributed by atoms with Gasteiger partial charge in [-0.3, -0.25) is 4.79 Å². The fourth-order valence-electron chi connectivity index (χ4n) is 2.20. The van der Waals surface area contributed by atoms with Crippen LogP contribution in [0, 0.1) is 0 Å². The van der Waals surface area contributed by atoms with E-state index in [4.69, 9.17) is 4.74 Å².